The molecule has 0 amide bonds. The highest BCUT2D eigenvalue weighted by molar-refractivity contribution is 8.00. The number of hydrogen-bond acceptors (Lipinski definition) is 5. The minimum Gasteiger partial charge on any atom is -0.382 e. The number of hydrogen-bond donors (Lipinski definition) is 1. The van der Waals surface area contributed by atoms with Crippen molar-refractivity contribution >= 4 is 51.4 Å². The fraction of sp³-hybridized carbons (Fsp3) is 0.414. The van der Waals surface area contributed by atoms with Crippen LogP contribution in [0.25, 0.3) is 10.8 Å². The number of benzene rings is 3. The van der Waals surface area contributed by atoms with Gasteiger partial charge in [-0.1, -0.05) is 59.6 Å². The lowest BCUT2D eigenvalue weighted by molar-refractivity contribution is -0.227. The Morgan fingerprint density at radius 2 is 1.70 bits per heavy atom. The van der Waals surface area contributed by atoms with E-state index in [2.05, 4.69) is 10.0 Å². The highest BCUT2D eigenvalue weighted by atomic mass is 35.5. The number of hydrazone groups is 1. The quantitative estimate of drug-likeness (QED) is 0.240. The summed E-state index contributed by atoms with van der Waals surface area (Å²) in [5.74, 6) is 2.21. The summed E-state index contributed by atoms with van der Waals surface area (Å²) in [6.45, 7) is 1.98. The molecule has 3 aliphatic rings. The Kier molecular flexibility index (Phi) is 7.06. The van der Waals surface area contributed by atoms with Gasteiger partial charge in [-0.15, -0.1) is 0 Å². The van der Waals surface area contributed by atoms with Crippen molar-refractivity contribution in [2.24, 2.45) is 11.0 Å². The molecule has 1 N–H and O–H groups in total. The van der Waals surface area contributed by atoms with Crippen LogP contribution < -0.4 is 0 Å². The van der Waals surface area contributed by atoms with Gasteiger partial charge < -0.3 is 5.11 Å². The Hall–Kier alpha value is -2.04. The summed E-state index contributed by atoms with van der Waals surface area (Å²) < 4.78 is 58.6. The number of thioether (sulfide) groups is 1. The molecule has 4 nitrogen and oxygen atoms in total. The summed E-state index contributed by atoms with van der Waals surface area (Å²) in [5, 5.41) is 17.2. The molecule has 0 bridgehead atoms. The van der Waals surface area contributed by atoms with Gasteiger partial charge in [0.05, 0.1) is 15.8 Å². The first-order valence-corrected chi connectivity index (χ1v) is 14.9. The molecule has 11 heteroatoms. The normalized spacial score (nSPS) is 23.3. The van der Waals surface area contributed by atoms with Crippen LogP contribution in [0.15, 0.2) is 53.6 Å². The Balaban J connectivity index is 1.34. The number of β-amino-alcohol motifs (C(OH)–C–C–N with tert-alkyl or cyclic N) is 1. The molecule has 0 saturated carbocycles. The molecule has 0 radical (unpaired) electrons. The van der Waals surface area contributed by atoms with Crippen molar-refractivity contribution in [2.45, 2.75) is 30.2 Å². The lowest BCUT2D eigenvalue weighted by atomic mass is 9.80. The molecule has 6 rings (SSSR count). The number of halogens is 6. The fourth-order valence-electron chi connectivity index (χ4n) is 6.13. The average Bonchev–Trinajstić information content (AvgIpc) is 3.22. The van der Waals surface area contributed by atoms with Gasteiger partial charge in [-0.05, 0) is 64.4 Å². The Morgan fingerprint density at radius 3 is 2.30 bits per heavy atom. The number of rotatable bonds is 6. The van der Waals surface area contributed by atoms with Crippen molar-refractivity contribution in [3.63, 3.8) is 0 Å². The maximum Gasteiger partial charge on any atom is 0.417 e. The molecule has 1 unspecified atom stereocenters. The SMILES string of the molecule is CN1N=C(c2ccc(C3(O)CN(CCC4CSC4)C3)c3ccccc23)CC1(c1cc(Cl)c(F)c(Cl)c1)C(F)(F)F. The van der Waals surface area contributed by atoms with Crippen LogP contribution in [0.2, 0.25) is 10.0 Å². The summed E-state index contributed by atoms with van der Waals surface area (Å²) >= 11 is 13.8. The van der Waals surface area contributed by atoms with Gasteiger partial charge in [0.2, 0.25) is 0 Å². The molecule has 3 aliphatic heterocycles. The van der Waals surface area contributed by atoms with Crippen molar-refractivity contribution in [2.75, 3.05) is 38.2 Å². The van der Waals surface area contributed by atoms with E-state index in [4.69, 9.17) is 23.2 Å². The topological polar surface area (TPSA) is 39.1 Å². The van der Waals surface area contributed by atoms with Gasteiger partial charge >= 0.3 is 6.18 Å². The van der Waals surface area contributed by atoms with Crippen LogP contribution in [0.1, 0.15) is 29.5 Å². The van der Waals surface area contributed by atoms with E-state index in [9.17, 15) is 22.7 Å². The number of nitrogens with zero attached hydrogens (tertiary/aromatic N) is 3. The maximum absolute atomic E-state index is 14.8. The van der Waals surface area contributed by atoms with Gasteiger partial charge in [-0.2, -0.15) is 30.0 Å². The number of alkyl halides is 3. The smallest absolute Gasteiger partial charge is 0.382 e. The van der Waals surface area contributed by atoms with Crippen LogP contribution in [0.4, 0.5) is 17.6 Å². The number of aliphatic hydroxyl groups is 1. The molecule has 1 atom stereocenters. The monoisotopic (exact) mass is 611 g/mol. The molecule has 0 aromatic heterocycles. The molecular formula is C29H27Cl2F4N3OS. The van der Waals surface area contributed by atoms with E-state index in [0.717, 1.165) is 47.0 Å². The van der Waals surface area contributed by atoms with Crippen molar-refractivity contribution in [1.29, 1.82) is 0 Å². The third-order valence-electron chi connectivity index (χ3n) is 8.44. The number of likely N-dealkylation sites (tertiary alicyclic amines) is 1. The van der Waals surface area contributed by atoms with Gasteiger partial charge in [-0.3, -0.25) is 9.91 Å². The zero-order valence-electron chi connectivity index (χ0n) is 21.6. The molecule has 3 heterocycles. The Morgan fingerprint density at radius 1 is 1.05 bits per heavy atom. The molecule has 40 heavy (non-hydrogen) atoms. The average molecular weight is 613 g/mol. The van der Waals surface area contributed by atoms with E-state index in [-0.39, 0.29) is 11.3 Å². The van der Waals surface area contributed by atoms with Crippen LogP contribution in [0.5, 0.6) is 0 Å². The van der Waals surface area contributed by atoms with Crippen LogP contribution in [-0.2, 0) is 11.1 Å². The van der Waals surface area contributed by atoms with E-state index in [1.54, 1.807) is 12.1 Å². The summed E-state index contributed by atoms with van der Waals surface area (Å²) in [6, 6.07) is 12.9. The third-order valence-corrected chi connectivity index (χ3v) is 10.4. The van der Waals surface area contributed by atoms with E-state index in [0.29, 0.717) is 24.0 Å². The van der Waals surface area contributed by atoms with E-state index < -0.39 is 39.6 Å². The highest BCUT2D eigenvalue weighted by Gasteiger charge is 2.62. The van der Waals surface area contributed by atoms with Crippen LogP contribution in [-0.4, -0.2) is 65.1 Å². The summed E-state index contributed by atoms with van der Waals surface area (Å²) in [4.78, 5) is 2.25. The van der Waals surface area contributed by atoms with Crippen LogP contribution in [0.3, 0.4) is 0 Å². The second-order valence-electron chi connectivity index (χ2n) is 11.0. The van der Waals surface area contributed by atoms with Gasteiger partial charge in [0, 0.05) is 32.1 Å². The van der Waals surface area contributed by atoms with Crippen molar-refractivity contribution in [3.8, 4) is 0 Å². The first kappa shape index (κ1) is 28.1. The molecule has 212 valence electrons. The second-order valence-corrected chi connectivity index (χ2v) is 12.9. The van der Waals surface area contributed by atoms with Crippen molar-refractivity contribution < 1.29 is 22.7 Å². The minimum atomic E-state index is -4.78. The van der Waals surface area contributed by atoms with Crippen molar-refractivity contribution in [1.82, 2.24) is 9.91 Å². The minimum absolute atomic E-state index is 0.222. The lowest BCUT2D eigenvalue weighted by Gasteiger charge is -2.48. The molecule has 2 fully saturated rings. The van der Waals surface area contributed by atoms with Gasteiger partial charge in [0.25, 0.3) is 0 Å². The first-order valence-electron chi connectivity index (χ1n) is 13.0. The molecule has 0 spiro atoms. The fourth-order valence-corrected chi connectivity index (χ4v) is 7.52. The number of fused-ring (bicyclic) bond motifs is 1. The van der Waals surface area contributed by atoms with Gasteiger partial charge in [0.15, 0.2) is 11.4 Å². The zero-order chi connectivity index (χ0) is 28.4. The van der Waals surface area contributed by atoms with Gasteiger partial charge in [-0.25, -0.2) is 4.39 Å². The predicted octanol–water partition coefficient (Wildman–Crippen LogP) is 7.04. The lowest BCUT2D eigenvalue weighted by Crippen LogP contribution is -2.59. The largest absolute Gasteiger partial charge is 0.417 e. The molecule has 3 aromatic rings. The van der Waals surface area contributed by atoms with E-state index in [1.807, 2.05) is 36.0 Å². The Labute approximate surface area is 243 Å². The van der Waals surface area contributed by atoms with Crippen molar-refractivity contribution in [3.05, 3.63) is 81.1 Å². The standard InChI is InChI=1S/C29H27Cl2F4N3OS/c1-37-28(29(33,34)35,18-10-23(30)26(32)24(31)11-18)12-25(36-37)21-6-7-22(20-5-3-2-4-19(20)21)27(39)15-38(16-27)9-8-17-13-40-14-17/h2-7,10-11,17,39H,8-9,12-16H2,1H3. The predicted molar refractivity (Wildman–Crippen MR) is 153 cm³/mol. The second kappa shape index (κ2) is 10.1. The first-order chi connectivity index (χ1) is 18.9. The van der Waals surface area contributed by atoms with E-state index in [1.165, 1.54) is 18.6 Å². The molecular weight excluding hydrogens is 585 g/mol. The zero-order valence-corrected chi connectivity index (χ0v) is 23.9. The maximum atomic E-state index is 14.8. The Bertz CT molecular complexity index is 1480. The molecule has 2 saturated heterocycles. The van der Waals surface area contributed by atoms with E-state index >= 15 is 0 Å². The summed E-state index contributed by atoms with van der Waals surface area (Å²) in [5.41, 5.74) is -2.39. The summed E-state index contributed by atoms with van der Waals surface area (Å²) in [6.07, 6.45) is -4.18. The molecule has 0 aliphatic carbocycles. The van der Waals surface area contributed by atoms with Crippen LogP contribution in [0, 0.1) is 11.7 Å². The highest BCUT2D eigenvalue weighted by Crippen LogP contribution is 2.51. The third kappa shape index (κ3) is 4.49. The van der Waals surface area contributed by atoms with Gasteiger partial charge in [0.1, 0.15) is 5.60 Å². The summed E-state index contributed by atoms with van der Waals surface area (Å²) in [7, 11) is 1.25. The molecule has 3 aromatic carbocycles. The van der Waals surface area contributed by atoms with Crippen LogP contribution >= 0.6 is 35.0 Å².